The largest absolute Gasteiger partial charge is 0.416 e. The zero-order valence-electron chi connectivity index (χ0n) is 14.8. The maximum atomic E-state index is 12.8. The first-order valence-electron chi connectivity index (χ1n) is 8.75. The van der Waals surface area contributed by atoms with Crippen molar-refractivity contribution in [3.8, 4) is 0 Å². The molecule has 0 aliphatic carbocycles. The number of allylic oxidation sites excluding steroid dienone is 1. The molecule has 1 N–H and O–H groups in total. The van der Waals surface area contributed by atoms with Crippen LogP contribution in [0.1, 0.15) is 48.9 Å². The molecular formula is C21H24F3NO. The molecular weight excluding hydrogens is 339 g/mol. The van der Waals surface area contributed by atoms with Gasteiger partial charge in [-0.15, -0.1) is 0 Å². The molecule has 0 heterocycles. The smallest absolute Gasteiger partial charge is 0.313 e. The van der Waals surface area contributed by atoms with Crippen LogP contribution in [0.25, 0.3) is 0 Å². The molecule has 0 spiro atoms. The number of alkyl halides is 3. The Morgan fingerprint density at radius 3 is 2.27 bits per heavy atom. The van der Waals surface area contributed by atoms with E-state index in [9.17, 15) is 18.4 Å². The van der Waals surface area contributed by atoms with Crippen LogP contribution in [0, 0.1) is 0 Å². The molecule has 0 radical (unpaired) electrons. The maximum Gasteiger partial charge on any atom is 0.416 e. The van der Waals surface area contributed by atoms with E-state index in [0.29, 0.717) is 5.56 Å². The van der Waals surface area contributed by atoms with Crippen molar-refractivity contribution in [3.63, 3.8) is 0 Å². The van der Waals surface area contributed by atoms with Gasteiger partial charge in [0.2, 0.25) is 0 Å². The lowest BCUT2D eigenvalue weighted by Crippen LogP contribution is -2.23. The van der Waals surface area contributed by atoms with Gasteiger partial charge in [-0.05, 0) is 29.7 Å². The van der Waals surface area contributed by atoms with Crippen LogP contribution in [0.4, 0.5) is 13.2 Å². The highest BCUT2D eigenvalue weighted by atomic mass is 19.4. The summed E-state index contributed by atoms with van der Waals surface area (Å²) in [7, 11) is 0. The molecule has 2 rings (SSSR count). The molecule has 0 aromatic heterocycles. The fourth-order valence-electron chi connectivity index (χ4n) is 2.67. The van der Waals surface area contributed by atoms with Gasteiger partial charge in [0.05, 0.1) is 11.6 Å². The lowest BCUT2D eigenvalue weighted by molar-refractivity contribution is -0.137. The first kappa shape index (κ1) is 20.2. The molecule has 1 unspecified atom stereocenters. The molecule has 0 aliphatic rings. The van der Waals surface area contributed by atoms with Crippen LogP contribution in [0.5, 0.6) is 0 Å². The summed E-state index contributed by atoms with van der Waals surface area (Å²) in [5.41, 5.74) is 0.848. The molecule has 0 bridgehead atoms. The van der Waals surface area contributed by atoms with Crippen LogP contribution >= 0.6 is 0 Å². The van der Waals surface area contributed by atoms with E-state index in [0.717, 1.165) is 42.0 Å². The first-order valence-corrected chi connectivity index (χ1v) is 8.75. The minimum atomic E-state index is -4.37. The zero-order valence-corrected chi connectivity index (χ0v) is 14.8. The Kier molecular flexibility index (Phi) is 7.42. The summed E-state index contributed by atoms with van der Waals surface area (Å²) in [6.07, 6.45) is 2.41. The molecule has 0 fully saturated rings. The molecule has 2 nitrogen and oxygen atoms in total. The van der Waals surface area contributed by atoms with Crippen LogP contribution < -0.4 is 0 Å². The highest BCUT2D eigenvalue weighted by Crippen LogP contribution is 2.31. The maximum absolute atomic E-state index is 12.8. The molecule has 2 aromatic rings. The second-order valence-corrected chi connectivity index (χ2v) is 6.22. The third-order valence-corrected chi connectivity index (χ3v) is 4.13. The summed E-state index contributed by atoms with van der Waals surface area (Å²) in [6.45, 7) is 2.37. The van der Waals surface area contributed by atoms with Gasteiger partial charge >= 0.3 is 6.18 Å². The van der Waals surface area contributed by atoms with Crippen molar-refractivity contribution in [1.82, 2.24) is 5.06 Å². The number of halogens is 3. The van der Waals surface area contributed by atoms with Gasteiger partial charge in [-0.1, -0.05) is 74.4 Å². The van der Waals surface area contributed by atoms with E-state index < -0.39 is 17.8 Å². The molecule has 140 valence electrons. The normalized spacial score (nSPS) is 13.5. The highest BCUT2D eigenvalue weighted by molar-refractivity contribution is 5.29. The molecule has 26 heavy (non-hydrogen) atoms. The number of hydrogen-bond acceptors (Lipinski definition) is 2. The van der Waals surface area contributed by atoms with Gasteiger partial charge in [0.1, 0.15) is 0 Å². The van der Waals surface area contributed by atoms with E-state index in [2.05, 4.69) is 6.92 Å². The summed E-state index contributed by atoms with van der Waals surface area (Å²) in [6, 6.07) is 13.9. The van der Waals surface area contributed by atoms with Gasteiger partial charge in [-0.2, -0.15) is 18.2 Å². The Labute approximate surface area is 152 Å². The Hall–Kier alpha value is -2.11. The molecule has 0 amide bonds. The molecule has 2 aromatic carbocycles. The van der Waals surface area contributed by atoms with E-state index in [1.54, 1.807) is 0 Å². The third-order valence-electron chi connectivity index (χ3n) is 4.13. The Morgan fingerprint density at radius 1 is 1.04 bits per heavy atom. The Morgan fingerprint density at radius 2 is 1.69 bits per heavy atom. The van der Waals surface area contributed by atoms with Crippen molar-refractivity contribution in [2.24, 2.45) is 0 Å². The minimum Gasteiger partial charge on any atom is -0.313 e. The van der Waals surface area contributed by atoms with E-state index in [1.165, 1.54) is 12.1 Å². The van der Waals surface area contributed by atoms with Gasteiger partial charge in [0.25, 0.3) is 0 Å². The summed E-state index contributed by atoms with van der Waals surface area (Å²) in [4.78, 5) is 0. The third kappa shape index (κ3) is 6.00. The van der Waals surface area contributed by atoms with Crippen LogP contribution in [0.2, 0.25) is 0 Å². The predicted molar refractivity (Wildman–Crippen MR) is 96.6 cm³/mol. The average Bonchev–Trinajstić information content (AvgIpc) is 2.62. The van der Waals surface area contributed by atoms with Crippen molar-refractivity contribution in [3.05, 3.63) is 83.4 Å². The topological polar surface area (TPSA) is 23.5 Å². The fourth-order valence-corrected chi connectivity index (χ4v) is 2.67. The van der Waals surface area contributed by atoms with Crippen LogP contribution in [-0.4, -0.2) is 10.3 Å². The molecule has 0 saturated heterocycles. The number of rotatable bonds is 8. The van der Waals surface area contributed by atoms with Crippen molar-refractivity contribution in [1.29, 1.82) is 0 Å². The van der Waals surface area contributed by atoms with Gasteiger partial charge < -0.3 is 5.21 Å². The quantitative estimate of drug-likeness (QED) is 0.334. The number of hydrogen-bond donors (Lipinski definition) is 1. The molecule has 0 aliphatic heterocycles. The van der Waals surface area contributed by atoms with E-state index in [4.69, 9.17) is 0 Å². The van der Waals surface area contributed by atoms with E-state index >= 15 is 0 Å². The lowest BCUT2D eigenvalue weighted by Gasteiger charge is -2.24. The van der Waals surface area contributed by atoms with E-state index in [-0.39, 0.29) is 6.54 Å². The number of nitrogens with zero attached hydrogens (tertiary/aromatic N) is 1. The predicted octanol–water partition coefficient (Wildman–Crippen LogP) is 6.38. The highest BCUT2D eigenvalue weighted by Gasteiger charge is 2.30. The van der Waals surface area contributed by atoms with E-state index in [1.807, 2.05) is 42.5 Å². The van der Waals surface area contributed by atoms with Gasteiger partial charge in [-0.25, -0.2) is 0 Å². The van der Waals surface area contributed by atoms with Crippen LogP contribution in [0.15, 0.2) is 66.7 Å². The van der Waals surface area contributed by atoms with Crippen molar-refractivity contribution >= 4 is 0 Å². The summed E-state index contributed by atoms with van der Waals surface area (Å²) >= 11 is 0. The van der Waals surface area contributed by atoms with Crippen LogP contribution in [-0.2, 0) is 12.7 Å². The van der Waals surface area contributed by atoms with Crippen molar-refractivity contribution in [2.75, 3.05) is 0 Å². The Bertz CT molecular complexity index is 681. The SMILES string of the molecule is CCCC/C=C/C(c1ccc(C(F)(F)F)cc1)N(O)Cc1ccccc1. The van der Waals surface area contributed by atoms with Gasteiger partial charge in [0, 0.05) is 6.54 Å². The summed E-state index contributed by atoms with van der Waals surface area (Å²) in [5, 5.41) is 11.7. The summed E-state index contributed by atoms with van der Waals surface area (Å²) in [5.74, 6) is 0. The van der Waals surface area contributed by atoms with Gasteiger partial charge in [-0.3, -0.25) is 0 Å². The van der Waals surface area contributed by atoms with Crippen molar-refractivity contribution < 1.29 is 18.4 Å². The average molecular weight is 363 g/mol. The number of hydroxylamine groups is 2. The zero-order chi connectivity index (χ0) is 19.0. The molecule has 0 saturated carbocycles. The monoisotopic (exact) mass is 363 g/mol. The second-order valence-electron chi connectivity index (χ2n) is 6.22. The number of unbranched alkanes of at least 4 members (excludes halogenated alkanes) is 2. The molecule has 1 atom stereocenters. The minimum absolute atomic E-state index is 0.282. The first-order chi connectivity index (χ1) is 12.4. The molecule has 5 heteroatoms. The lowest BCUT2D eigenvalue weighted by atomic mass is 10.0. The number of benzene rings is 2. The van der Waals surface area contributed by atoms with Crippen LogP contribution in [0.3, 0.4) is 0 Å². The Balaban J connectivity index is 2.21. The second kappa shape index (κ2) is 9.55. The fraction of sp³-hybridized carbons (Fsp3) is 0.333. The van der Waals surface area contributed by atoms with Crippen molar-refractivity contribution in [2.45, 2.75) is 44.9 Å². The van der Waals surface area contributed by atoms with Gasteiger partial charge in [0.15, 0.2) is 0 Å². The summed E-state index contributed by atoms with van der Waals surface area (Å²) < 4.78 is 38.3. The standard InChI is InChI=1S/C21H24F3NO/c1-2-3-4-8-11-20(25(26)16-17-9-6-5-7-10-17)18-12-14-19(15-13-18)21(22,23)24/h5-15,20,26H,2-4,16H2,1H3/b11-8+.